The average Bonchev–Trinajstić information content (AvgIpc) is 2.54. The summed E-state index contributed by atoms with van der Waals surface area (Å²) < 4.78 is 0. The molecule has 2 nitrogen and oxygen atoms in total. The molecule has 1 saturated heterocycles. The number of nitrogens with two attached hydrogens (primary N) is 1. The van der Waals surface area contributed by atoms with Crippen molar-refractivity contribution in [3.8, 4) is 0 Å². The Labute approximate surface area is 141 Å². The van der Waals surface area contributed by atoms with Crippen LogP contribution in [0, 0.1) is 0 Å². The first-order chi connectivity index (χ1) is 10.6. The molecule has 3 rings (SSSR count). The molecule has 1 fully saturated rings. The van der Waals surface area contributed by atoms with Gasteiger partial charge >= 0.3 is 0 Å². The summed E-state index contributed by atoms with van der Waals surface area (Å²) in [5.74, 6) is 0. The van der Waals surface area contributed by atoms with Gasteiger partial charge in [0.05, 0.1) is 16.1 Å². The second-order valence-corrected chi connectivity index (χ2v) is 6.67. The molecular weight excluding hydrogens is 315 g/mol. The maximum Gasteiger partial charge on any atom is 0.0602 e. The van der Waals surface area contributed by atoms with E-state index in [4.69, 9.17) is 28.9 Å². The van der Waals surface area contributed by atoms with E-state index >= 15 is 0 Å². The van der Waals surface area contributed by atoms with Crippen LogP contribution >= 0.6 is 23.2 Å². The van der Waals surface area contributed by atoms with Crippen molar-refractivity contribution in [1.29, 1.82) is 0 Å². The summed E-state index contributed by atoms with van der Waals surface area (Å²) in [6.07, 6.45) is 2.06. The molecule has 1 unspecified atom stereocenters. The monoisotopic (exact) mass is 334 g/mol. The highest BCUT2D eigenvalue weighted by Gasteiger charge is 2.26. The van der Waals surface area contributed by atoms with Crippen molar-refractivity contribution in [2.45, 2.75) is 24.9 Å². The van der Waals surface area contributed by atoms with Crippen LogP contribution in [0.3, 0.4) is 0 Å². The lowest BCUT2D eigenvalue weighted by Gasteiger charge is -2.37. The molecule has 116 valence electrons. The summed E-state index contributed by atoms with van der Waals surface area (Å²) in [5.41, 5.74) is 8.50. The number of piperidine rings is 1. The predicted molar refractivity (Wildman–Crippen MR) is 93.5 cm³/mol. The van der Waals surface area contributed by atoms with Gasteiger partial charge in [-0.05, 0) is 36.1 Å². The van der Waals surface area contributed by atoms with Gasteiger partial charge in [-0.25, -0.2) is 0 Å². The molecule has 1 aliphatic rings. The standard InChI is InChI=1S/C18H20Cl2N2/c19-16-7-6-14(12-17(16)20)18(13-4-2-1-3-5-13)22-10-8-15(21)9-11-22/h1-7,12,15,18H,8-11,21H2. The quantitative estimate of drug-likeness (QED) is 0.894. The van der Waals surface area contributed by atoms with Crippen LogP contribution in [0.2, 0.25) is 10.0 Å². The second-order valence-electron chi connectivity index (χ2n) is 5.86. The van der Waals surface area contributed by atoms with Crippen LogP contribution in [-0.2, 0) is 0 Å². The summed E-state index contributed by atoms with van der Waals surface area (Å²) in [6.45, 7) is 2.00. The highest BCUT2D eigenvalue weighted by Crippen LogP contribution is 2.34. The summed E-state index contributed by atoms with van der Waals surface area (Å²) in [7, 11) is 0. The van der Waals surface area contributed by atoms with Gasteiger partial charge in [-0.1, -0.05) is 59.6 Å². The molecule has 1 aliphatic heterocycles. The van der Waals surface area contributed by atoms with Crippen LogP contribution in [0.15, 0.2) is 48.5 Å². The van der Waals surface area contributed by atoms with E-state index in [0.717, 1.165) is 25.9 Å². The van der Waals surface area contributed by atoms with E-state index in [-0.39, 0.29) is 6.04 Å². The van der Waals surface area contributed by atoms with Gasteiger partial charge in [0, 0.05) is 19.1 Å². The topological polar surface area (TPSA) is 29.3 Å². The van der Waals surface area contributed by atoms with Gasteiger partial charge in [0.25, 0.3) is 0 Å². The number of hydrogen-bond acceptors (Lipinski definition) is 2. The van der Waals surface area contributed by atoms with Crippen LogP contribution < -0.4 is 5.73 Å². The van der Waals surface area contributed by atoms with Crippen LogP contribution in [0.4, 0.5) is 0 Å². The van der Waals surface area contributed by atoms with Crippen molar-refractivity contribution in [3.63, 3.8) is 0 Å². The number of nitrogens with zero attached hydrogens (tertiary/aromatic N) is 1. The van der Waals surface area contributed by atoms with Crippen molar-refractivity contribution in [3.05, 3.63) is 69.7 Å². The minimum Gasteiger partial charge on any atom is -0.328 e. The van der Waals surface area contributed by atoms with E-state index in [1.54, 1.807) is 0 Å². The maximum absolute atomic E-state index is 6.24. The van der Waals surface area contributed by atoms with E-state index < -0.39 is 0 Å². The first-order valence-corrected chi connectivity index (χ1v) is 8.40. The third kappa shape index (κ3) is 3.47. The fourth-order valence-corrected chi connectivity index (χ4v) is 3.42. The molecule has 0 aliphatic carbocycles. The first kappa shape index (κ1) is 15.8. The first-order valence-electron chi connectivity index (χ1n) is 7.64. The van der Waals surface area contributed by atoms with Crippen molar-refractivity contribution in [1.82, 2.24) is 4.90 Å². The number of halogens is 2. The van der Waals surface area contributed by atoms with Gasteiger partial charge in [0.1, 0.15) is 0 Å². The molecule has 0 aromatic heterocycles. The van der Waals surface area contributed by atoms with Crippen LogP contribution in [-0.4, -0.2) is 24.0 Å². The van der Waals surface area contributed by atoms with Crippen molar-refractivity contribution in [2.24, 2.45) is 5.73 Å². The van der Waals surface area contributed by atoms with Gasteiger partial charge < -0.3 is 5.73 Å². The lowest BCUT2D eigenvalue weighted by atomic mass is 9.94. The Hall–Kier alpha value is -1.06. The summed E-state index contributed by atoms with van der Waals surface area (Å²) in [6, 6.07) is 17.0. The zero-order chi connectivity index (χ0) is 15.5. The van der Waals surface area contributed by atoms with Gasteiger partial charge in [0.15, 0.2) is 0 Å². The van der Waals surface area contributed by atoms with Gasteiger partial charge in [-0.15, -0.1) is 0 Å². The predicted octanol–water partition coefficient (Wildman–Crippen LogP) is 4.51. The zero-order valence-electron chi connectivity index (χ0n) is 12.4. The lowest BCUT2D eigenvalue weighted by molar-refractivity contribution is 0.175. The zero-order valence-corrected chi connectivity index (χ0v) is 13.9. The van der Waals surface area contributed by atoms with Crippen LogP contribution in [0.5, 0.6) is 0 Å². The number of benzene rings is 2. The molecule has 4 heteroatoms. The molecule has 1 atom stereocenters. The van der Waals surface area contributed by atoms with E-state index in [9.17, 15) is 0 Å². The average molecular weight is 335 g/mol. The number of likely N-dealkylation sites (tertiary alicyclic amines) is 1. The Kier molecular flexibility index (Phi) is 5.04. The Morgan fingerprint density at radius 2 is 1.59 bits per heavy atom. The Bertz CT molecular complexity index is 622. The lowest BCUT2D eigenvalue weighted by Crippen LogP contribution is -2.41. The van der Waals surface area contributed by atoms with Crippen molar-refractivity contribution >= 4 is 23.2 Å². The summed E-state index contributed by atoms with van der Waals surface area (Å²) in [5, 5.41) is 1.20. The normalized spacial score (nSPS) is 18.3. The minimum absolute atomic E-state index is 0.198. The fourth-order valence-electron chi connectivity index (χ4n) is 3.11. The molecule has 0 radical (unpaired) electrons. The Balaban J connectivity index is 1.97. The SMILES string of the molecule is NC1CCN(C(c2ccccc2)c2ccc(Cl)c(Cl)c2)CC1. The van der Waals surface area contributed by atoms with Gasteiger partial charge in [-0.2, -0.15) is 0 Å². The molecule has 0 spiro atoms. The molecular formula is C18H20Cl2N2. The number of hydrogen-bond donors (Lipinski definition) is 1. The van der Waals surface area contributed by atoms with Crippen LogP contribution in [0.1, 0.15) is 30.0 Å². The van der Waals surface area contributed by atoms with Crippen molar-refractivity contribution in [2.75, 3.05) is 13.1 Å². The van der Waals surface area contributed by atoms with E-state index in [0.29, 0.717) is 16.1 Å². The molecule has 0 bridgehead atoms. The van der Waals surface area contributed by atoms with Gasteiger partial charge in [-0.3, -0.25) is 4.90 Å². The van der Waals surface area contributed by atoms with E-state index in [1.807, 2.05) is 18.2 Å². The smallest absolute Gasteiger partial charge is 0.0602 e. The molecule has 2 aromatic rings. The third-order valence-corrected chi connectivity index (χ3v) is 5.05. The van der Waals surface area contributed by atoms with E-state index in [1.165, 1.54) is 11.1 Å². The molecule has 2 aromatic carbocycles. The highest BCUT2D eigenvalue weighted by atomic mass is 35.5. The Morgan fingerprint density at radius 1 is 0.909 bits per heavy atom. The molecule has 0 amide bonds. The largest absolute Gasteiger partial charge is 0.328 e. The van der Waals surface area contributed by atoms with Crippen LogP contribution in [0.25, 0.3) is 0 Å². The Morgan fingerprint density at radius 3 is 2.23 bits per heavy atom. The highest BCUT2D eigenvalue weighted by molar-refractivity contribution is 6.42. The fraction of sp³-hybridized carbons (Fsp3) is 0.333. The summed E-state index contributed by atoms with van der Waals surface area (Å²) >= 11 is 12.3. The molecule has 1 heterocycles. The molecule has 0 saturated carbocycles. The summed E-state index contributed by atoms with van der Waals surface area (Å²) in [4.78, 5) is 2.48. The van der Waals surface area contributed by atoms with E-state index in [2.05, 4.69) is 35.2 Å². The second kappa shape index (κ2) is 7.01. The minimum atomic E-state index is 0.198. The van der Waals surface area contributed by atoms with Gasteiger partial charge in [0.2, 0.25) is 0 Å². The molecule has 2 N–H and O–H groups in total. The molecule has 22 heavy (non-hydrogen) atoms. The van der Waals surface area contributed by atoms with Crippen molar-refractivity contribution < 1.29 is 0 Å². The maximum atomic E-state index is 6.24. The number of rotatable bonds is 3. The third-order valence-electron chi connectivity index (χ3n) is 4.31.